The number of carbonyl (C=O) groups excluding carboxylic acids is 1. The van der Waals surface area contributed by atoms with Crippen LogP contribution in [0.3, 0.4) is 0 Å². The average molecular weight is 388 g/mol. The Labute approximate surface area is 159 Å². The second-order valence-corrected chi connectivity index (χ2v) is 8.82. The van der Waals surface area contributed by atoms with Crippen LogP contribution in [0, 0.1) is 5.92 Å². The van der Waals surface area contributed by atoms with Crippen LogP contribution < -0.4 is 15.4 Å². The van der Waals surface area contributed by atoms with Crippen LogP contribution in [0.4, 0.5) is 0 Å². The van der Waals surface area contributed by atoms with Crippen LogP contribution in [0.2, 0.25) is 0 Å². The summed E-state index contributed by atoms with van der Waals surface area (Å²) in [6, 6.07) is 12.3. The molecule has 3 rings (SSSR count). The maximum Gasteiger partial charge on any atom is 0.224 e. The van der Waals surface area contributed by atoms with E-state index in [1.165, 1.54) is 30.4 Å². The monoisotopic (exact) mass is 388 g/mol. The number of methoxy groups -OCH3 is 1. The lowest BCUT2D eigenvalue weighted by atomic mass is 10.1. The Kier molecular flexibility index (Phi) is 5.82. The molecule has 27 heavy (non-hydrogen) atoms. The van der Waals surface area contributed by atoms with Gasteiger partial charge in [-0.2, -0.15) is 0 Å². The molecular formula is C20H24N2O4S. The zero-order chi connectivity index (χ0) is 19.4. The summed E-state index contributed by atoms with van der Waals surface area (Å²) in [6.45, 7) is 3.73. The number of rotatable bonds is 7. The van der Waals surface area contributed by atoms with E-state index in [0.29, 0.717) is 12.3 Å². The summed E-state index contributed by atoms with van der Waals surface area (Å²) in [5, 5.41) is 6.12. The van der Waals surface area contributed by atoms with Crippen LogP contribution >= 0.6 is 0 Å². The Hall–Kier alpha value is -2.38. The van der Waals surface area contributed by atoms with Crippen LogP contribution in [0.15, 0.2) is 47.4 Å². The summed E-state index contributed by atoms with van der Waals surface area (Å²) >= 11 is 0. The molecule has 1 heterocycles. The van der Waals surface area contributed by atoms with Gasteiger partial charge < -0.3 is 15.4 Å². The number of hydrogen-bond acceptors (Lipinski definition) is 5. The van der Waals surface area contributed by atoms with Gasteiger partial charge in [0.2, 0.25) is 5.91 Å². The van der Waals surface area contributed by atoms with Crippen molar-refractivity contribution in [3.8, 4) is 5.75 Å². The van der Waals surface area contributed by atoms with Crippen molar-refractivity contribution in [1.82, 2.24) is 10.6 Å². The fourth-order valence-electron chi connectivity index (χ4n) is 3.11. The van der Waals surface area contributed by atoms with Gasteiger partial charge in [-0.25, -0.2) is 8.42 Å². The Morgan fingerprint density at radius 3 is 2.56 bits per heavy atom. The first kappa shape index (κ1) is 19.4. The van der Waals surface area contributed by atoms with Crippen molar-refractivity contribution in [2.45, 2.75) is 31.5 Å². The van der Waals surface area contributed by atoms with Gasteiger partial charge in [-0.05, 0) is 41.0 Å². The molecule has 0 bridgehead atoms. The highest BCUT2D eigenvalue weighted by Gasteiger charge is 2.23. The Morgan fingerprint density at radius 2 is 1.85 bits per heavy atom. The van der Waals surface area contributed by atoms with E-state index >= 15 is 0 Å². The lowest BCUT2D eigenvalue weighted by Gasteiger charge is -2.13. The van der Waals surface area contributed by atoms with E-state index in [2.05, 4.69) is 22.8 Å². The predicted octanol–water partition coefficient (Wildman–Crippen LogP) is 2.02. The van der Waals surface area contributed by atoms with Crippen LogP contribution in [0.5, 0.6) is 5.75 Å². The molecular weight excluding hydrogens is 364 g/mol. The summed E-state index contributed by atoms with van der Waals surface area (Å²) in [7, 11) is -2.02. The molecule has 2 N–H and O–H groups in total. The zero-order valence-corrected chi connectivity index (χ0v) is 16.3. The van der Waals surface area contributed by atoms with Crippen molar-refractivity contribution < 1.29 is 17.9 Å². The topological polar surface area (TPSA) is 84.5 Å². The lowest BCUT2D eigenvalue weighted by Crippen LogP contribution is -2.32. The molecule has 0 radical (unpaired) electrons. The van der Waals surface area contributed by atoms with Gasteiger partial charge in [0.25, 0.3) is 0 Å². The van der Waals surface area contributed by atoms with Crippen molar-refractivity contribution in [1.29, 1.82) is 0 Å². The first-order chi connectivity index (χ1) is 12.9. The molecule has 1 amide bonds. The SMILES string of the molecule is COc1ccc(S(=O)(=O)CC(C)C(=O)NCc2ccc3c(c2)CNC3)cc1. The van der Waals surface area contributed by atoms with E-state index in [9.17, 15) is 13.2 Å². The smallest absolute Gasteiger partial charge is 0.224 e. The van der Waals surface area contributed by atoms with Gasteiger partial charge in [-0.1, -0.05) is 25.1 Å². The van der Waals surface area contributed by atoms with Crippen molar-refractivity contribution in [2.24, 2.45) is 5.92 Å². The zero-order valence-electron chi connectivity index (χ0n) is 15.5. The number of fused-ring (bicyclic) bond motifs is 1. The third-order valence-corrected chi connectivity index (χ3v) is 6.63. The first-order valence-corrected chi connectivity index (χ1v) is 10.5. The summed E-state index contributed by atoms with van der Waals surface area (Å²) in [4.78, 5) is 12.5. The van der Waals surface area contributed by atoms with Gasteiger partial charge >= 0.3 is 0 Å². The molecule has 0 aromatic heterocycles. The summed E-state index contributed by atoms with van der Waals surface area (Å²) in [6.07, 6.45) is 0. The van der Waals surface area contributed by atoms with Gasteiger partial charge in [-0.15, -0.1) is 0 Å². The number of nitrogens with one attached hydrogen (secondary N) is 2. The second kappa shape index (κ2) is 8.10. The van der Waals surface area contributed by atoms with Gasteiger partial charge in [0.05, 0.1) is 17.8 Å². The Morgan fingerprint density at radius 1 is 1.15 bits per heavy atom. The molecule has 6 nitrogen and oxygen atoms in total. The summed E-state index contributed by atoms with van der Waals surface area (Å²) in [5.41, 5.74) is 3.54. The van der Waals surface area contributed by atoms with Crippen LogP contribution in [0.1, 0.15) is 23.6 Å². The quantitative estimate of drug-likeness (QED) is 0.758. The maximum absolute atomic E-state index is 12.5. The van der Waals surface area contributed by atoms with E-state index < -0.39 is 15.8 Å². The van der Waals surface area contributed by atoms with E-state index in [-0.39, 0.29) is 16.6 Å². The molecule has 7 heteroatoms. The van der Waals surface area contributed by atoms with Crippen molar-refractivity contribution in [3.63, 3.8) is 0 Å². The van der Waals surface area contributed by atoms with E-state index in [4.69, 9.17) is 4.74 Å². The summed E-state index contributed by atoms with van der Waals surface area (Å²) in [5.74, 6) is -0.567. The number of amides is 1. The largest absolute Gasteiger partial charge is 0.497 e. The minimum Gasteiger partial charge on any atom is -0.497 e. The van der Waals surface area contributed by atoms with E-state index in [1.54, 1.807) is 19.1 Å². The molecule has 1 unspecified atom stereocenters. The molecule has 0 aliphatic carbocycles. The van der Waals surface area contributed by atoms with Gasteiger partial charge in [0, 0.05) is 25.6 Å². The highest BCUT2D eigenvalue weighted by Crippen LogP contribution is 2.19. The van der Waals surface area contributed by atoms with Crippen LogP contribution in [0.25, 0.3) is 0 Å². The van der Waals surface area contributed by atoms with Crippen LogP contribution in [-0.4, -0.2) is 27.2 Å². The summed E-state index contributed by atoms with van der Waals surface area (Å²) < 4.78 is 30.1. The molecule has 0 spiro atoms. The molecule has 0 saturated carbocycles. The molecule has 0 saturated heterocycles. The molecule has 2 aromatic rings. The van der Waals surface area contributed by atoms with Gasteiger partial charge in [0.1, 0.15) is 5.75 Å². The minimum atomic E-state index is -3.55. The maximum atomic E-state index is 12.5. The number of sulfone groups is 1. The van der Waals surface area contributed by atoms with E-state index in [1.807, 2.05) is 6.07 Å². The van der Waals surface area contributed by atoms with E-state index in [0.717, 1.165) is 18.7 Å². The Bertz CT molecular complexity index is 923. The molecule has 1 aliphatic rings. The standard InChI is InChI=1S/C20H24N2O4S/c1-14(13-27(24,25)19-7-5-18(26-2)6-8-19)20(23)22-10-15-3-4-16-11-21-12-17(16)9-15/h3-9,14,21H,10-13H2,1-2H3,(H,22,23). The lowest BCUT2D eigenvalue weighted by molar-refractivity contribution is -0.124. The van der Waals surface area contributed by atoms with Crippen LogP contribution in [-0.2, 0) is 34.3 Å². The van der Waals surface area contributed by atoms with Crippen molar-refractivity contribution in [3.05, 3.63) is 59.2 Å². The van der Waals surface area contributed by atoms with Crippen molar-refractivity contribution in [2.75, 3.05) is 12.9 Å². The minimum absolute atomic E-state index is 0.189. The first-order valence-electron chi connectivity index (χ1n) is 8.85. The second-order valence-electron chi connectivity index (χ2n) is 6.78. The number of ether oxygens (including phenoxy) is 1. The molecule has 1 atom stereocenters. The fraction of sp³-hybridized carbons (Fsp3) is 0.350. The normalized spacial score (nSPS) is 14.4. The Balaban J connectivity index is 1.58. The highest BCUT2D eigenvalue weighted by atomic mass is 32.2. The van der Waals surface area contributed by atoms with Gasteiger partial charge in [0.15, 0.2) is 9.84 Å². The number of carbonyl (C=O) groups is 1. The molecule has 1 aliphatic heterocycles. The molecule has 2 aromatic carbocycles. The highest BCUT2D eigenvalue weighted by molar-refractivity contribution is 7.91. The number of hydrogen-bond donors (Lipinski definition) is 2. The predicted molar refractivity (Wildman–Crippen MR) is 103 cm³/mol. The molecule has 144 valence electrons. The van der Waals surface area contributed by atoms with Crippen molar-refractivity contribution >= 4 is 15.7 Å². The number of benzene rings is 2. The van der Waals surface area contributed by atoms with Gasteiger partial charge in [-0.3, -0.25) is 4.79 Å². The molecule has 0 fully saturated rings. The fourth-order valence-corrected chi connectivity index (χ4v) is 4.66. The third kappa shape index (κ3) is 4.67. The average Bonchev–Trinajstić information content (AvgIpc) is 3.13. The third-order valence-electron chi connectivity index (χ3n) is 4.70.